The van der Waals surface area contributed by atoms with Crippen LogP contribution in [0.25, 0.3) is 11.3 Å². The molecule has 0 spiro atoms. The van der Waals surface area contributed by atoms with Crippen molar-refractivity contribution in [3.8, 4) is 17.0 Å². The van der Waals surface area contributed by atoms with Crippen molar-refractivity contribution >= 4 is 11.6 Å². The summed E-state index contributed by atoms with van der Waals surface area (Å²) in [5, 5.41) is 13.3. The first kappa shape index (κ1) is 9.09. The maximum Gasteiger partial charge on any atom is 0.208 e. The molecule has 1 heterocycles. The summed E-state index contributed by atoms with van der Waals surface area (Å²) in [7, 11) is 0. The van der Waals surface area contributed by atoms with Crippen molar-refractivity contribution in [3.63, 3.8) is 0 Å². The second-order valence-corrected chi connectivity index (χ2v) is 3.33. The number of phenols is 1. The van der Waals surface area contributed by atoms with Crippen LogP contribution in [0.1, 0.15) is 5.56 Å². The Balaban J connectivity index is 2.53. The van der Waals surface area contributed by atoms with Gasteiger partial charge in [0.15, 0.2) is 0 Å². The van der Waals surface area contributed by atoms with Gasteiger partial charge in [-0.15, -0.1) is 0 Å². The Hall–Kier alpha value is -1.48. The van der Waals surface area contributed by atoms with Gasteiger partial charge in [0.05, 0.1) is 5.02 Å². The number of hydrogen-bond donors (Lipinski definition) is 1. The molecular weight excluding hydrogens is 202 g/mol. The number of aryl methyl sites for hydroxylation is 1. The largest absolute Gasteiger partial charge is 0.506 e. The predicted octanol–water partition coefficient (Wildman–Crippen LogP) is 2.81. The zero-order chi connectivity index (χ0) is 10.1. The maximum atomic E-state index is 9.23. The van der Waals surface area contributed by atoms with Gasteiger partial charge >= 0.3 is 0 Å². The summed E-state index contributed by atoms with van der Waals surface area (Å²) in [4.78, 5) is 0. The molecule has 0 amide bonds. The molecule has 0 saturated heterocycles. The number of rotatable bonds is 1. The molecule has 4 heteroatoms. The summed E-state index contributed by atoms with van der Waals surface area (Å²) in [6.07, 6.45) is 2.61. The van der Waals surface area contributed by atoms with Crippen molar-refractivity contribution in [1.82, 2.24) is 5.16 Å². The van der Waals surface area contributed by atoms with Gasteiger partial charge in [0, 0.05) is 11.1 Å². The third-order valence-corrected chi connectivity index (χ3v) is 2.21. The number of hydrogen-bond acceptors (Lipinski definition) is 3. The number of halogens is 1. The Kier molecular flexibility index (Phi) is 2.17. The maximum absolute atomic E-state index is 9.23. The van der Waals surface area contributed by atoms with Gasteiger partial charge in [0.1, 0.15) is 11.4 Å². The van der Waals surface area contributed by atoms with Gasteiger partial charge < -0.3 is 9.63 Å². The SMILES string of the molecule is Cc1[c]onc1-c1ccc(O)c(Cl)c1. The fraction of sp³-hybridized carbons (Fsp3) is 0.100. The summed E-state index contributed by atoms with van der Waals surface area (Å²) < 4.78 is 4.69. The van der Waals surface area contributed by atoms with E-state index >= 15 is 0 Å². The van der Waals surface area contributed by atoms with E-state index in [2.05, 4.69) is 15.9 Å². The molecule has 71 valence electrons. The Morgan fingerprint density at radius 3 is 2.86 bits per heavy atom. The van der Waals surface area contributed by atoms with Gasteiger partial charge in [-0.2, -0.15) is 0 Å². The number of aromatic hydroxyl groups is 1. The molecule has 0 bridgehead atoms. The molecule has 0 saturated carbocycles. The van der Waals surface area contributed by atoms with Crippen molar-refractivity contribution in [2.24, 2.45) is 0 Å². The van der Waals surface area contributed by atoms with Gasteiger partial charge in [0.25, 0.3) is 0 Å². The first-order chi connectivity index (χ1) is 6.68. The molecule has 0 atom stereocenters. The first-order valence-electron chi connectivity index (χ1n) is 4.01. The summed E-state index contributed by atoms with van der Waals surface area (Å²) in [6, 6.07) is 4.88. The van der Waals surface area contributed by atoms with Crippen LogP contribution in [0.15, 0.2) is 22.7 Å². The summed E-state index contributed by atoms with van der Waals surface area (Å²) in [5.41, 5.74) is 2.30. The molecule has 0 fully saturated rings. The van der Waals surface area contributed by atoms with Gasteiger partial charge in [0.2, 0.25) is 6.26 Å². The van der Waals surface area contributed by atoms with Crippen LogP contribution in [-0.2, 0) is 0 Å². The Morgan fingerprint density at radius 2 is 2.29 bits per heavy atom. The van der Waals surface area contributed by atoms with Gasteiger partial charge in [-0.1, -0.05) is 16.8 Å². The van der Waals surface area contributed by atoms with Crippen LogP contribution in [0.4, 0.5) is 0 Å². The fourth-order valence-electron chi connectivity index (χ4n) is 1.18. The standard InChI is InChI=1S/C10H7ClNO2/c1-6-5-14-12-10(6)7-2-3-9(13)8(11)4-7/h2-4,13H,1H3. The van der Waals surface area contributed by atoms with Crippen molar-refractivity contribution in [1.29, 1.82) is 0 Å². The second kappa shape index (κ2) is 3.35. The van der Waals surface area contributed by atoms with E-state index in [9.17, 15) is 5.11 Å². The average Bonchev–Trinajstić information content (AvgIpc) is 2.57. The van der Waals surface area contributed by atoms with Crippen molar-refractivity contribution in [2.45, 2.75) is 6.92 Å². The van der Waals surface area contributed by atoms with E-state index in [1.807, 2.05) is 6.92 Å². The highest BCUT2D eigenvalue weighted by atomic mass is 35.5. The molecule has 2 rings (SSSR count). The van der Waals surface area contributed by atoms with Crippen LogP contribution in [0, 0.1) is 13.2 Å². The van der Waals surface area contributed by atoms with Gasteiger partial charge in [-0.3, -0.25) is 0 Å². The highest BCUT2D eigenvalue weighted by Gasteiger charge is 2.08. The molecule has 0 aliphatic carbocycles. The number of phenolic OH excluding ortho intramolecular Hbond substituents is 1. The number of benzene rings is 1. The minimum Gasteiger partial charge on any atom is -0.506 e. The molecule has 1 aromatic carbocycles. The van der Waals surface area contributed by atoms with E-state index in [1.54, 1.807) is 12.1 Å². The molecule has 0 unspecified atom stereocenters. The minimum atomic E-state index is 0.0561. The third-order valence-electron chi connectivity index (χ3n) is 1.91. The van der Waals surface area contributed by atoms with E-state index in [0.717, 1.165) is 11.1 Å². The lowest BCUT2D eigenvalue weighted by atomic mass is 10.1. The lowest BCUT2D eigenvalue weighted by molar-refractivity contribution is 0.414. The molecule has 1 N–H and O–H groups in total. The normalized spacial score (nSPS) is 10.4. The molecule has 0 aliphatic heterocycles. The Bertz CT molecular complexity index is 465. The van der Waals surface area contributed by atoms with Crippen molar-refractivity contribution < 1.29 is 9.63 Å². The smallest absolute Gasteiger partial charge is 0.208 e. The van der Waals surface area contributed by atoms with Gasteiger partial charge in [-0.25, -0.2) is 0 Å². The first-order valence-corrected chi connectivity index (χ1v) is 4.39. The fourth-order valence-corrected chi connectivity index (χ4v) is 1.36. The van der Waals surface area contributed by atoms with Gasteiger partial charge in [-0.05, 0) is 25.1 Å². The van der Waals surface area contributed by atoms with E-state index in [4.69, 9.17) is 11.6 Å². The number of nitrogens with zero attached hydrogens (tertiary/aromatic N) is 1. The molecule has 1 aromatic heterocycles. The quantitative estimate of drug-likeness (QED) is 0.784. The summed E-state index contributed by atoms with van der Waals surface area (Å²) in [6.45, 7) is 1.84. The van der Waals surface area contributed by atoms with E-state index in [1.165, 1.54) is 6.07 Å². The average molecular weight is 209 g/mol. The van der Waals surface area contributed by atoms with Crippen molar-refractivity contribution in [3.05, 3.63) is 35.0 Å². The summed E-state index contributed by atoms with van der Waals surface area (Å²) in [5.74, 6) is 0.0561. The third kappa shape index (κ3) is 1.46. The van der Waals surface area contributed by atoms with Crippen LogP contribution in [-0.4, -0.2) is 10.3 Å². The minimum absolute atomic E-state index is 0.0561. The molecule has 3 nitrogen and oxygen atoms in total. The Morgan fingerprint density at radius 1 is 1.50 bits per heavy atom. The zero-order valence-electron chi connectivity index (χ0n) is 7.41. The van der Waals surface area contributed by atoms with Crippen LogP contribution < -0.4 is 0 Å². The zero-order valence-corrected chi connectivity index (χ0v) is 8.17. The molecule has 1 radical (unpaired) electrons. The monoisotopic (exact) mass is 208 g/mol. The molecule has 2 aromatic rings. The van der Waals surface area contributed by atoms with E-state index in [-0.39, 0.29) is 5.75 Å². The lowest BCUT2D eigenvalue weighted by Gasteiger charge is -1.99. The van der Waals surface area contributed by atoms with E-state index < -0.39 is 0 Å². The topological polar surface area (TPSA) is 46.3 Å². The summed E-state index contributed by atoms with van der Waals surface area (Å²) >= 11 is 5.76. The van der Waals surface area contributed by atoms with Crippen LogP contribution in [0.3, 0.4) is 0 Å². The van der Waals surface area contributed by atoms with Crippen molar-refractivity contribution in [2.75, 3.05) is 0 Å². The predicted molar refractivity (Wildman–Crippen MR) is 52.2 cm³/mol. The van der Waals surface area contributed by atoms with Crippen LogP contribution in [0.2, 0.25) is 5.02 Å². The van der Waals surface area contributed by atoms with Crippen LogP contribution >= 0.6 is 11.6 Å². The molecule has 0 aliphatic rings. The Labute approximate surface area is 85.9 Å². The van der Waals surface area contributed by atoms with E-state index in [0.29, 0.717) is 10.7 Å². The highest BCUT2D eigenvalue weighted by molar-refractivity contribution is 6.32. The molecular formula is C10H7ClNO2. The van der Waals surface area contributed by atoms with Crippen LogP contribution in [0.5, 0.6) is 5.75 Å². The highest BCUT2D eigenvalue weighted by Crippen LogP contribution is 2.29. The second-order valence-electron chi connectivity index (χ2n) is 2.92. The molecule has 14 heavy (non-hydrogen) atoms. The lowest BCUT2D eigenvalue weighted by Crippen LogP contribution is -1.80. The number of aromatic nitrogens is 1.